The molecule has 1 aromatic carbocycles. The summed E-state index contributed by atoms with van der Waals surface area (Å²) >= 11 is 0. The van der Waals surface area contributed by atoms with Crippen molar-refractivity contribution in [3.63, 3.8) is 0 Å². The smallest absolute Gasteiger partial charge is 0.262 e. The quantitative estimate of drug-likeness (QED) is 0.636. The summed E-state index contributed by atoms with van der Waals surface area (Å²) in [5, 5.41) is 20.7. The number of aromatic amines is 1. The van der Waals surface area contributed by atoms with Gasteiger partial charge in [-0.05, 0) is 26.0 Å². The first-order valence-electron chi connectivity index (χ1n) is 6.21. The van der Waals surface area contributed by atoms with Gasteiger partial charge in [0.2, 0.25) is 0 Å². The lowest BCUT2D eigenvalue weighted by Gasteiger charge is -2.13. The van der Waals surface area contributed by atoms with Crippen LogP contribution < -0.4 is 10.9 Å². The maximum absolute atomic E-state index is 12.0. The highest BCUT2D eigenvalue weighted by atomic mass is 16.3. The number of aromatic hydroxyl groups is 1. The van der Waals surface area contributed by atoms with Gasteiger partial charge in [0, 0.05) is 11.6 Å². The van der Waals surface area contributed by atoms with Crippen LogP contribution in [-0.4, -0.2) is 26.8 Å². The fourth-order valence-corrected chi connectivity index (χ4v) is 1.82. The lowest BCUT2D eigenvalue weighted by Crippen LogP contribution is -2.24. The molecule has 0 atom stereocenters. The van der Waals surface area contributed by atoms with Crippen LogP contribution in [0.25, 0.3) is 0 Å². The van der Waals surface area contributed by atoms with Gasteiger partial charge >= 0.3 is 0 Å². The number of hydrogen-bond acceptors (Lipinski definition) is 5. The number of rotatable bonds is 4. The second-order valence-corrected chi connectivity index (χ2v) is 4.68. The van der Waals surface area contributed by atoms with Gasteiger partial charge in [-0.1, -0.05) is 12.1 Å². The molecule has 4 N–H and O–H groups in total. The molecule has 0 saturated carbocycles. The van der Waals surface area contributed by atoms with E-state index in [1.165, 1.54) is 18.5 Å². The molecule has 1 heterocycles. The maximum atomic E-state index is 12.0. The minimum Gasteiger partial charge on any atom is -0.508 e. The highest BCUT2D eigenvalue weighted by molar-refractivity contribution is 6.13. The van der Waals surface area contributed by atoms with Crippen molar-refractivity contribution in [3.8, 4) is 5.75 Å². The van der Waals surface area contributed by atoms with E-state index in [0.717, 1.165) is 0 Å². The summed E-state index contributed by atoms with van der Waals surface area (Å²) in [6.07, 6.45) is 1.30. The fourth-order valence-electron chi connectivity index (χ4n) is 1.82. The number of nitrogens with zero attached hydrogens (tertiary/aromatic N) is 1. The first-order chi connectivity index (χ1) is 9.49. The normalized spacial score (nSPS) is 10.6. The van der Waals surface area contributed by atoms with Gasteiger partial charge < -0.3 is 15.4 Å². The molecule has 6 heteroatoms. The predicted octanol–water partition coefficient (Wildman–Crippen LogP) is 1.71. The first kappa shape index (κ1) is 13.8. The van der Waals surface area contributed by atoms with E-state index in [1.54, 1.807) is 12.1 Å². The second kappa shape index (κ2) is 5.56. The Morgan fingerprint density at radius 3 is 2.85 bits per heavy atom. The third-order valence-corrected chi connectivity index (χ3v) is 2.66. The topological polar surface area (TPSA) is 102 Å². The molecule has 0 saturated heterocycles. The third kappa shape index (κ3) is 2.85. The average Bonchev–Trinajstić information content (AvgIpc) is 2.37. The number of H-pyrrole nitrogens is 1. The summed E-state index contributed by atoms with van der Waals surface area (Å²) < 4.78 is 0. The van der Waals surface area contributed by atoms with Gasteiger partial charge in [0.15, 0.2) is 0 Å². The zero-order valence-corrected chi connectivity index (χ0v) is 11.3. The van der Waals surface area contributed by atoms with E-state index < -0.39 is 5.56 Å². The number of anilines is 1. The second-order valence-electron chi connectivity index (χ2n) is 4.68. The summed E-state index contributed by atoms with van der Waals surface area (Å²) in [4.78, 5) is 18.5. The SMILES string of the molecule is CC(C)Nc1nc[nH]c(=O)c1C(=N)c1cccc(O)c1. The monoisotopic (exact) mass is 272 g/mol. The van der Waals surface area contributed by atoms with Gasteiger partial charge in [0.1, 0.15) is 17.1 Å². The van der Waals surface area contributed by atoms with E-state index in [2.05, 4.69) is 15.3 Å². The fraction of sp³-hybridized carbons (Fsp3) is 0.214. The first-order valence-corrected chi connectivity index (χ1v) is 6.21. The molecule has 0 aliphatic rings. The molecular weight excluding hydrogens is 256 g/mol. The van der Waals surface area contributed by atoms with Gasteiger partial charge in [-0.15, -0.1) is 0 Å². The molecule has 0 aliphatic heterocycles. The van der Waals surface area contributed by atoms with Crippen molar-refractivity contribution in [2.24, 2.45) is 0 Å². The highest BCUT2D eigenvalue weighted by Gasteiger charge is 2.16. The Morgan fingerprint density at radius 2 is 2.20 bits per heavy atom. The molecule has 1 aromatic heterocycles. The van der Waals surface area contributed by atoms with Crippen LogP contribution in [0.2, 0.25) is 0 Å². The van der Waals surface area contributed by atoms with E-state index in [4.69, 9.17) is 5.41 Å². The van der Waals surface area contributed by atoms with Gasteiger partial charge in [-0.2, -0.15) is 0 Å². The van der Waals surface area contributed by atoms with Crippen LogP contribution in [0.15, 0.2) is 35.4 Å². The van der Waals surface area contributed by atoms with Crippen molar-refractivity contribution >= 4 is 11.5 Å². The molecule has 6 nitrogen and oxygen atoms in total. The minimum atomic E-state index is -0.392. The van der Waals surface area contributed by atoms with Gasteiger partial charge in [-0.25, -0.2) is 4.98 Å². The van der Waals surface area contributed by atoms with Crippen LogP contribution in [0.3, 0.4) is 0 Å². The summed E-state index contributed by atoms with van der Waals surface area (Å²) in [5.74, 6) is 0.406. The number of phenolic OH excluding ortho intramolecular Hbond substituents is 1. The maximum Gasteiger partial charge on any atom is 0.262 e. The van der Waals surface area contributed by atoms with Gasteiger partial charge in [-0.3, -0.25) is 10.2 Å². The van der Waals surface area contributed by atoms with E-state index in [1.807, 2.05) is 13.8 Å². The number of hydrogen-bond donors (Lipinski definition) is 4. The Balaban J connectivity index is 2.51. The molecule has 104 valence electrons. The van der Waals surface area contributed by atoms with Crippen LogP contribution in [0, 0.1) is 5.41 Å². The van der Waals surface area contributed by atoms with Crippen LogP contribution in [0.5, 0.6) is 5.75 Å². The van der Waals surface area contributed by atoms with E-state index in [0.29, 0.717) is 11.4 Å². The summed E-state index contributed by atoms with van der Waals surface area (Å²) in [6, 6.07) is 6.32. The average molecular weight is 272 g/mol. The number of aromatic nitrogens is 2. The van der Waals surface area contributed by atoms with Crippen molar-refractivity contribution in [2.75, 3.05) is 5.32 Å². The lowest BCUT2D eigenvalue weighted by molar-refractivity contribution is 0.475. The Morgan fingerprint density at radius 1 is 1.45 bits per heavy atom. The zero-order chi connectivity index (χ0) is 14.7. The minimum absolute atomic E-state index is 0.0124. The van der Waals surface area contributed by atoms with Crippen molar-refractivity contribution in [1.29, 1.82) is 5.41 Å². The molecule has 0 unspecified atom stereocenters. The van der Waals surface area contributed by atoms with E-state index in [-0.39, 0.29) is 23.1 Å². The lowest BCUT2D eigenvalue weighted by atomic mass is 10.0. The Kier molecular flexibility index (Phi) is 3.84. The molecule has 2 rings (SSSR count). The van der Waals surface area contributed by atoms with Crippen LogP contribution in [-0.2, 0) is 0 Å². The molecule has 2 aromatic rings. The Bertz CT molecular complexity index is 692. The van der Waals surface area contributed by atoms with Crippen LogP contribution >= 0.6 is 0 Å². The Labute approximate surface area is 116 Å². The van der Waals surface area contributed by atoms with Gasteiger partial charge in [0.05, 0.1) is 12.0 Å². The molecule has 0 fully saturated rings. The summed E-state index contributed by atoms with van der Waals surface area (Å²) in [7, 11) is 0. The summed E-state index contributed by atoms with van der Waals surface area (Å²) in [5.41, 5.74) is 0.233. The van der Waals surface area contributed by atoms with Crippen molar-refractivity contribution < 1.29 is 5.11 Å². The number of nitrogens with one attached hydrogen (secondary N) is 3. The molecule has 0 radical (unpaired) electrons. The van der Waals surface area contributed by atoms with Gasteiger partial charge in [0.25, 0.3) is 5.56 Å². The van der Waals surface area contributed by atoms with Crippen molar-refractivity contribution in [2.45, 2.75) is 19.9 Å². The highest BCUT2D eigenvalue weighted by Crippen LogP contribution is 2.17. The predicted molar refractivity (Wildman–Crippen MR) is 77.7 cm³/mol. The largest absolute Gasteiger partial charge is 0.508 e. The number of benzene rings is 1. The zero-order valence-electron chi connectivity index (χ0n) is 11.3. The standard InChI is InChI=1S/C14H16N4O2/c1-8(2)18-13-11(14(20)17-7-16-13)12(15)9-4-3-5-10(19)6-9/h3-8,15,19H,1-2H3,(H2,16,17,18,20). The molecule has 0 spiro atoms. The van der Waals surface area contributed by atoms with E-state index >= 15 is 0 Å². The molecule has 20 heavy (non-hydrogen) atoms. The van der Waals surface area contributed by atoms with Crippen molar-refractivity contribution in [3.05, 3.63) is 52.1 Å². The molecule has 0 amide bonds. The van der Waals surface area contributed by atoms with E-state index in [9.17, 15) is 9.90 Å². The van der Waals surface area contributed by atoms with Crippen LogP contribution in [0.4, 0.5) is 5.82 Å². The molecular formula is C14H16N4O2. The Hall–Kier alpha value is -2.63. The van der Waals surface area contributed by atoms with Crippen molar-refractivity contribution in [1.82, 2.24) is 9.97 Å². The third-order valence-electron chi connectivity index (χ3n) is 2.66. The molecule has 0 bridgehead atoms. The molecule has 0 aliphatic carbocycles. The summed E-state index contributed by atoms with van der Waals surface area (Å²) in [6.45, 7) is 3.84. The number of phenols is 1. The van der Waals surface area contributed by atoms with Crippen LogP contribution in [0.1, 0.15) is 25.0 Å².